The zero-order valence-corrected chi connectivity index (χ0v) is 15.1. The fraction of sp³-hybridized carbons (Fsp3) is 0.300. The number of ether oxygens (including phenoxy) is 1. The normalized spacial score (nSPS) is 14.1. The van der Waals surface area contributed by atoms with E-state index >= 15 is 0 Å². The first-order chi connectivity index (χ1) is 12.6. The van der Waals surface area contributed by atoms with Gasteiger partial charge in [-0.2, -0.15) is 0 Å². The Morgan fingerprint density at radius 2 is 1.73 bits per heavy atom. The van der Waals surface area contributed by atoms with Crippen LogP contribution in [0.15, 0.2) is 48.5 Å². The Labute approximate surface area is 153 Å². The van der Waals surface area contributed by atoms with Crippen LogP contribution in [0.25, 0.3) is 0 Å². The number of amides is 2. The van der Waals surface area contributed by atoms with Gasteiger partial charge in [-0.3, -0.25) is 9.59 Å². The van der Waals surface area contributed by atoms with Crippen molar-refractivity contribution in [3.8, 4) is 5.75 Å². The number of rotatable bonds is 3. The number of piperazine rings is 1. The molecule has 0 saturated carbocycles. The van der Waals surface area contributed by atoms with Crippen LogP contribution in [-0.4, -0.2) is 50.0 Å². The minimum Gasteiger partial charge on any atom is -0.495 e. The molecule has 1 saturated heterocycles. The number of nitrogens with zero attached hydrogens (tertiary/aromatic N) is 2. The number of hydrogen-bond donors (Lipinski definition) is 1. The molecule has 3 rings (SSSR count). The Kier molecular flexibility index (Phi) is 5.41. The maximum absolute atomic E-state index is 12.5. The van der Waals surface area contributed by atoms with Crippen LogP contribution in [0.1, 0.15) is 5.56 Å². The van der Waals surface area contributed by atoms with E-state index in [0.717, 1.165) is 5.69 Å². The molecule has 136 valence electrons. The molecule has 6 nitrogen and oxygen atoms in total. The quantitative estimate of drug-likeness (QED) is 0.860. The molecule has 1 fully saturated rings. The third-order valence-electron chi connectivity index (χ3n) is 4.48. The maximum atomic E-state index is 12.5. The van der Waals surface area contributed by atoms with E-state index in [-0.39, 0.29) is 0 Å². The topological polar surface area (TPSA) is 61.9 Å². The first-order valence-corrected chi connectivity index (χ1v) is 8.63. The number of carbonyl (C=O) groups excluding carboxylic acids is 2. The van der Waals surface area contributed by atoms with Gasteiger partial charge in [-0.1, -0.05) is 24.3 Å². The van der Waals surface area contributed by atoms with Crippen LogP contribution in [0.2, 0.25) is 0 Å². The molecule has 1 aliphatic heterocycles. The summed E-state index contributed by atoms with van der Waals surface area (Å²) in [6.45, 7) is 4.51. The van der Waals surface area contributed by atoms with Crippen LogP contribution in [0, 0.1) is 6.92 Å². The van der Waals surface area contributed by atoms with Crippen molar-refractivity contribution < 1.29 is 14.3 Å². The third-order valence-corrected chi connectivity index (χ3v) is 4.48. The van der Waals surface area contributed by atoms with Gasteiger partial charge in [0.15, 0.2) is 0 Å². The molecule has 6 heteroatoms. The lowest BCUT2D eigenvalue weighted by atomic mass is 10.2. The Morgan fingerprint density at radius 1 is 1.00 bits per heavy atom. The lowest BCUT2D eigenvalue weighted by Gasteiger charge is -2.35. The lowest BCUT2D eigenvalue weighted by molar-refractivity contribution is -0.143. The van der Waals surface area contributed by atoms with E-state index in [0.29, 0.717) is 37.6 Å². The van der Waals surface area contributed by atoms with Crippen LogP contribution in [0.3, 0.4) is 0 Å². The van der Waals surface area contributed by atoms with Crippen molar-refractivity contribution in [1.29, 1.82) is 0 Å². The molecular weight excluding hydrogens is 330 g/mol. The zero-order valence-electron chi connectivity index (χ0n) is 15.1. The maximum Gasteiger partial charge on any atom is 0.314 e. The zero-order chi connectivity index (χ0) is 18.5. The summed E-state index contributed by atoms with van der Waals surface area (Å²) < 4.78 is 5.20. The predicted octanol–water partition coefficient (Wildman–Crippen LogP) is 2.29. The number of anilines is 2. The lowest BCUT2D eigenvalue weighted by Crippen LogP contribution is -2.51. The number of benzene rings is 2. The van der Waals surface area contributed by atoms with E-state index in [9.17, 15) is 9.59 Å². The van der Waals surface area contributed by atoms with Crippen molar-refractivity contribution in [2.45, 2.75) is 6.92 Å². The second-order valence-electron chi connectivity index (χ2n) is 6.27. The second kappa shape index (κ2) is 7.91. The summed E-state index contributed by atoms with van der Waals surface area (Å²) in [6.07, 6.45) is 0. The molecule has 0 unspecified atom stereocenters. The molecule has 1 N–H and O–H groups in total. The average Bonchev–Trinajstić information content (AvgIpc) is 2.68. The Morgan fingerprint density at radius 3 is 2.42 bits per heavy atom. The fourth-order valence-corrected chi connectivity index (χ4v) is 3.06. The van der Waals surface area contributed by atoms with Crippen LogP contribution in [0.4, 0.5) is 11.4 Å². The number of methoxy groups -OCH3 is 1. The Bertz CT molecular complexity index is 798. The SMILES string of the molecule is COc1ccccc1NC(=O)C(=O)N1CCN(c2cccc(C)c2)CC1. The van der Waals surface area contributed by atoms with Gasteiger partial charge in [-0.25, -0.2) is 0 Å². The molecule has 1 heterocycles. The summed E-state index contributed by atoms with van der Waals surface area (Å²) in [7, 11) is 1.53. The van der Waals surface area contributed by atoms with Crippen molar-refractivity contribution in [3.05, 3.63) is 54.1 Å². The van der Waals surface area contributed by atoms with E-state index in [4.69, 9.17) is 4.74 Å². The molecule has 0 aliphatic carbocycles. The van der Waals surface area contributed by atoms with Crippen molar-refractivity contribution >= 4 is 23.2 Å². The van der Waals surface area contributed by atoms with Gasteiger partial charge in [-0.15, -0.1) is 0 Å². The van der Waals surface area contributed by atoms with E-state index in [1.165, 1.54) is 12.7 Å². The van der Waals surface area contributed by atoms with E-state index in [2.05, 4.69) is 35.3 Å². The van der Waals surface area contributed by atoms with E-state index in [1.54, 1.807) is 29.2 Å². The largest absolute Gasteiger partial charge is 0.495 e. The van der Waals surface area contributed by atoms with Crippen LogP contribution in [0.5, 0.6) is 5.75 Å². The fourth-order valence-electron chi connectivity index (χ4n) is 3.06. The van der Waals surface area contributed by atoms with Gasteiger partial charge in [0, 0.05) is 31.9 Å². The number of aryl methyl sites for hydroxylation is 1. The molecule has 2 aromatic carbocycles. The standard InChI is InChI=1S/C20H23N3O3/c1-15-6-5-7-16(14-15)22-10-12-23(13-11-22)20(25)19(24)21-17-8-3-4-9-18(17)26-2/h3-9,14H,10-13H2,1-2H3,(H,21,24). The molecule has 26 heavy (non-hydrogen) atoms. The predicted molar refractivity (Wildman–Crippen MR) is 102 cm³/mol. The van der Waals surface area contributed by atoms with Crippen LogP contribution in [-0.2, 0) is 9.59 Å². The number of carbonyl (C=O) groups is 2. The van der Waals surface area contributed by atoms with Crippen molar-refractivity contribution in [2.24, 2.45) is 0 Å². The molecule has 1 aliphatic rings. The molecular formula is C20H23N3O3. The Hall–Kier alpha value is -3.02. The summed E-state index contributed by atoms with van der Waals surface area (Å²) in [5.74, 6) is -0.628. The van der Waals surface area contributed by atoms with Crippen molar-refractivity contribution in [1.82, 2.24) is 4.90 Å². The highest BCUT2D eigenvalue weighted by atomic mass is 16.5. The van der Waals surface area contributed by atoms with Gasteiger partial charge in [0.1, 0.15) is 5.75 Å². The van der Waals surface area contributed by atoms with Crippen LogP contribution < -0.4 is 15.0 Å². The minimum atomic E-state index is -0.640. The number of para-hydroxylation sites is 2. The van der Waals surface area contributed by atoms with Crippen molar-refractivity contribution in [3.63, 3.8) is 0 Å². The van der Waals surface area contributed by atoms with Gasteiger partial charge < -0.3 is 19.9 Å². The highest BCUT2D eigenvalue weighted by molar-refractivity contribution is 6.39. The third kappa shape index (κ3) is 3.96. The second-order valence-corrected chi connectivity index (χ2v) is 6.27. The highest BCUT2D eigenvalue weighted by Gasteiger charge is 2.26. The van der Waals surface area contributed by atoms with Gasteiger partial charge >= 0.3 is 11.8 Å². The first-order valence-electron chi connectivity index (χ1n) is 8.63. The van der Waals surface area contributed by atoms with E-state index in [1.807, 2.05) is 6.07 Å². The number of hydrogen-bond acceptors (Lipinski definition) is 4. The monoisotopic (exact) mass is 353 g/mol. The molecule has 0 spiro atoms. The molecule has 2 aromatic rings. The van der Waals surface area contributed by atoms with Gasteiger partial charge in [0.25, 0.3) is 0 Å². The van der Waals surface area contributed by atoms with Gasteiger partial charge in [0.2, 0.25) is 0 Å². The smallest absolute Gasteiger partial charge is 0.314 e. The van der Waals surface area contributed by atoms with Crippen LogP contribution >= 0.6 is 0 Å². The average molecular weight is 353 g/mol. The van der Waals surface area contributed by atoms with Gasteiger partial charge in [0.05, 0.1) is 12.8 Å². The summed E-state index contributed by atoms with van der Waals surface area (Å²) in [5.41, 5.74) is 2.85. The molecule has 0 aromatic heterocycles. The summed E-state index contributed by atoms with van der Waals surface area (Å²) in [6, 6.07) is 15.3. The summed E-state index contributed by atoms with van der Waals surface area (Å²) >= 11 is 0. The molecule has 0 atom stereocenters. The summed E-state index contributed by atoms with van der Waals surface area (Å²) in [4.78, 5) is 28.6. The van der Waals surface area contributed by atoms with E-state index < -0.39 is 11.8 Å². The summed E-state index contributed by atoms with van der Waals surface area (Å²) in [5, 5.41) is 2.64. The molecule has 0 radical (unpaired) electrons. The highest BCUT2D eigenvalue weighted by Crippen LogP contribution is 2.23. The number of nitrogens with one attached hydrogen (secondary N) is 1. The minimum absolute atomic E-state index is 0.492. The molecule has 0 bridgehead atoms. The van der Waals surface area contributed by atoms with Gasteiger partial charge in [-0.05, 0) is 36.8 Å². The van der Waals surface area contributed by atoms with Crippen molar-refractivity contribution in [2.75, 3.05) is 43.5 Å². The Balaban J connectivity index is 1.58. The first kappa shape index (κ1) is 17.8. The molecule has 2 amide bonds.